The van der Waals surface area contributed by atoms with Crippen molar-refractivity contribution in [3.63, 3.8) is 0 Å². The number of ether oxygens (including phenoxy) is 1. The molecular weight excluding hydrogens is 252 g/mol. The molecule has 1 aliphatic rings. The zero-order valence-corrected chi connectivity index (χ0v) is 12.6. The summed E-state index contributed by atoms with van der Waals surface area (Å²) in [4.78, 5) is 0. The first-order chi connectivity index (χ1) is 9.61. The third-order valence-electron chi connectivity index (χ3n) is 3.98. The number of hydrazine groups is 1. The number of nitrogens with one attached hydrogen (secondary N) is 2. The van der Waals surface area contributed by atoms with Gasteiger partial charge in [0.15, 0.2) is 0 Å². The lowest BCUT2D eigenvalue weighted by atomic mass is 9.91. The van der Waals surface area contributed by atoms with Gasteiger partial charge in [0.05, 0.1) is 19.3 Å². The fourth-order valence-corrected chi connectivity index (χ4v) is 2.47. The van der Waals surface area contributed by atoms with E-state index in [1.54, 1.807) is 0 Å². The summed E-state index contributed by atoms with van der Waals surface area (Å²) in [6, 6.07) is 8.59. The Morgan fingerprint density at radius 3 is 2.45 bits per heavy atom. The summed E-state index contributed by atoms with van der Waals surface area (Å²) in [6.07, 6.45) is 1.07. The van der Waals surface area contributed by atoms with E-state index in [9.17, 15) is 5.11 Å². The van der Waals surface area contributed by atoms with E-state index < -0.39 is 0 Å². The molecule has 0 aromatic heterocycles. The number of rotatable bonds is 6. The summed E-state index contributed by atoms with van der Waals surface area (Å²) in [5.41, 5.74) is 7.60. The topological polar surface area (TPSA) is 53.5 Å². The molecule has 112 valence electrons. The van der Waals surface area contributed by atoms with E-state index >= 15 is 0 Å². The van der Waals surface area contributed by atoms with Crippen LogP contribution in [-0.4, -0.2) is 24.4 Å². The largest absolute Gasteiger partial charge is 0.494 e. The van der Waals surface area contributed by atoms with Gasteiger partial charge in [-0.15, -0.1) is 0 Å². The third-order valence-corrected chi connectivity index (χ3v) is 3.98. The van der Waals surface area contributed by atoms with E-state index in [1.807, 2.05) is 12.1 Å². The molecule has 0 bridgehead atoms. The van der Waals surface area contributed by atoms with Crippen LogP contribution in [0.3, 0.4) is 0 Å². The molecule has 1 aliphatic heterocycles. The smallest absolute Gasteiger partial charge is 0.119 e. The highest BCUT2D eigenvalue weighted by molar-refractivity contribution is 5.30. The first kappa shape index (κ1) is 15.3. The number of hydrogen-bond acceptors (Lipinski definition) is 4. The van der Waals surface area contributed by atoms with Crippen LogP contribution >= 0.6 is 0 Å². The highest BCUT2D eigenvalue weighted by Gasteiger charge is 2.32. The zero-order valence-electron chi connectivity index (χ0n) is 12.6. The maximum absolute atomic E-state index is 9.26. The lowest BCUT2D eigenvalue weighted by Gasteiger charge is -2.17. The minimum atomic E-state index is 0.113. The zero-order chi connectivity index (χ0) is 14.5. The molecule has 1 aromatic rings. The molecule has 1 aromatic carbocycles. The molecule has 1 saturated heterocycles. The molecule has 3 unspecified atom stereocenters. The van der Waals surface area contributed by atoms with E-state index in [-0.39, 0.29) is 18.7 Å². The van der Waals surface area contributed by atoms with E-state index in [0.29, 0.717) is 11.8 Å². The van der Waals surface area contributed by atoms with E-state index in [0.717, 1.165) is 18.8 Å². The number of benzene rings is 1. The van der Waals surface area contributed by atoms with Crippen molar-refractivity contribution in [1.82, 2.24) is 10.9 Å². The van der Waals surface area contributed by atoms with E-state index in [2.05, 4.69) is 43.8 Å². The Balaban J connectivity index is 1.91. The highest BCUT2D eigenvalue weighted by Crippen LogP contribution is 2.29. The molecule has 20 heavy (non-hydrogen) atoms. The number of aliphatic hydroxyl groups is 1. The van der Waals surface area contributed by atoms with Crippen molar-refractivity contribution in [2.45, 2.75) is 39.3 Å². The molecule has 4 nitrogen and oxygen atoms in total. The van der Waals surface area contributed by atoms with Gasteiger partial charge in [0.1, 0.15) is 5.75 Å². The SMILES string of the molecule is CC(C)CCOc1ccc(C2NNC(CO)C2C)cc1. The van der Waals surface area contributed by atoms with Crippen LogP contribution < -0.4 is 15.6 Å². The molecular formula is C16H26N2O2. The second kappa shape index (κ2) is 7.07. The molecule has 0 spiro atoms. The predicted molar refractivity (Wildman–Crippen MR) is 80.4 cm³/mol. The summed E-state index contributed by atoms with van der Waals surface area (Å²) in [6.45, 7) is 7.46. The molecule has 4 heteroatoms. The molecule has 2 rings (SSSR count). The fraction of sp³-hybridized carbons (Fsp3) is 0.625. The Hall–Kier alpha value is -1.10. The Kier molecular flexibility index (Phi) is 5.40. The second-order valence-electron chi connectivity index (χ2n) is 6.01. The number of aliphatic hydroxyl groups excluding tert-OH is 1. The fourth-order valence-electron chi connectivity index (χ4n) is 2.47. The molecule has 1 fully saturated rings. The van der Waals surface area contributed by atoms with Crippen molar-refractivity contribution in [3.8, 4) is 5.75 Å². The van der Waals surface area contributed by atoms with E-state index in [4.69, 9.17) is 4.74 Å². The van der Waals surface area contributed by atoms with Gasteiger partial charge in [-0.3, -0.25) is 5.43 Å². The summed E-state index contributed by atoms with van der Waals surface area (Å²) in [5, 5.41) is 9.26. The van der Waals surface area contributed by atoms with Crippen molar-refractivity contribution in [2.24, 2.45) is 11.8 Å². The van der Waals surface area contributed by atoms with Gasteiger partial charge in [0, 0.05) is 6.04 Å². The summed E-state index contributed by atoms with van der Waals surface area (Å²) >= 11 is 0. The first-order valence-electron chi connectivity index (χ1n) is 7.46. The molecule has 0 radical (unpaired) electrons. The minimum Gasteiger partial charge on any atom is -0.494 e. The van der Waals surface area contributed by atoms with Crippen LogP contribution in [0, 0.1) is 11.8 Å². The first-order valence-corrected chi connectivity index (χ1v) is 7.46. The molecule has 1 heterocycles. The highest BCUT2D eigenvalue weighted by atomic mass is 16.5. The van der Waals surface area contributed by atoms with Crippen LogP contribution in [0.4, 0.5) is 0 Å². The van der Waals surface area contributed by atoms with Crippen molar-refractivity contribution < 1.29 is 9.84 Å². The van der Waals surface area contributed by atoms with Gasteiger partial charge in [0.2, 0.25) is 0 Å². The molecule has 0 amide bonds. The van der Waals surface area contributed by atoms with Crippen molar-refractivity contribution in [1.29, 1.82) is 0 Å². The Morgan fingerprint density at radius 1 is 1.20 bits per heavy atom. The Bertz CT molecular complexity index is 405. The van der Waals surface area contributed by atoms with Gasteiger partial charge in [-0.05, 0) is 36.0 Å². The molecule has 3 N–H and O–H groups in total. The van der Waals surface area contributed by atoms with Crippen LogP contribution in [-0.2, 0) is 0 Å². The van der Waals surface area contributed by atoms with Crippen LogP contribution in [0.2, 0.25) is 0 Å². The van der Waals surface area contributed by atoms with Crippen molar-refractivity contribution in [3.05, 3.63) is 29.8 Å². The Morgan fingerprint density at radius 2 is 1.90 bits per heavy atom. The standard InChI is InChI=1S/C16H26N2O2/c1-11(2)8-9-20-14-6-4-13(5-7-14)16-12(3)15(10-19)17-18-16/h4-7,11-12,15-19H,8-10H2,1-3H3. The van der Waals surface area contributed by atoms with Crippen LogP contribution in [0.1, 0.15) is 38.8 Å². The average molecular weight is 278 g/mol. The van der Waals surface area contributed by atoms with Gasteiger partial charge in [-0.2, -0.15) is 0 Å². The van der Waals surface area contributed by atoms with Crippen molar-refractivity contribution >= 4 is 0 Å². The summed E-state index contributed by atoms with van der Waals surface area (Å²) < 4.78 is 5.73. The quantitative estimate of drug-likeness (QED) is 0.747. The van der Waals surface area contributed by atoms with E-state index in [1.165, 1.54) is 5.56 Å². The second-order valence-corrected chi connectivity index (χ2v) is 6.01. The van der Waals surface area contributed by atoms with Gasteiger partial charge >= 0.3 is 0 Å². The van der Waals surface area contributed by atoms with Gasteiger partial charge in [-0.25, -0.2) is 5.43 Å². The normalized spacial score (nSPS) is 26.1. The summed E-state index contributed by atoms with van der Waals surface area (Å²) in [5.74, 6) is 1.94. The maximum atomic E-state index is 9.26. The van der Waals surface area contributed by atoms with Crippen LogP contribution in [0.25, 0.3) is 0 Å². The number of hydrogen-bond donors (Lipinski definition) is 3. The average Bonchev–Trinajstić information content (AvgIpc) is 2.80. The molecule has 0 aliphatic carbocycles. The predicted octanol–water partition coefficient (Wildman–Crippen LogP) is 2.26. The molecule has 0 saturated carbocycles. The van der Waals surface area contributed by atoms with Gasteiger partial charge < -0.3 is 9.84 Å². The van der Waals surface area contributed by atoms with Gasteiger partial charge in [-0.1, -0.05) is 32.9 Å². The summed E-state index contributed by atoms with van der Waals surface area (Å²) in [7, 11) is 0. The lowest BCUT2D eigenvalue weighted by molar-refractivity contribution is 0.228. The van der Waals surface area contributed by atoms with Crippen LogP contribution in [0.5, 0.6) is 5.75 Å². The minimum absolute atomic E-state index is 0.113. The Labute approximate surface area is 121 Å². The maximum Gasteiger partial charge on any atom is 0.119 e. The third kappa shape index (κ3) is 3.72. The van der Waals surface area contributed by atoms with Crippen LogP contribution in [0.15, 0.2) is 24.3 Å². The monoisotopic (exact) mass is 278 g/mol. The van der Waals surface area contributed by atoms with Crippen molar-refractivity contribution in [2.75, 3.05) is 13.2 Å². The molecule has 3 atom stereocenters. The lowest BCUT2D eigenvalue weighted by Crippen LogP contribution is -2.34. The van der Waals surface area contributed by atoms with Gasteiger partial charge in [0.25, 0.3) is 0 Å².